The van der Waals surface area contributed by atoms with Crippen molar-refractivity contribution in [3.8, 4) is 11.1 Å². The van der Waals surface area contributed by atoms with Gasteiger partial charge in [-0.3, -0.25) is 5.26 Å². The van der Waals surface area contributed by atoms with Gasteiger partial charge in [-0.05, 0) is 59.8 Å². The second-order valence-electron chi connectivity index (χ2n) is 7.51. The third-order valence-electron chi connectivity index (χ3n) is 5.83. The predicted octanol–water partition coefficient (Wildman–Crippen LogP) is 7.14. The Bertz CT molecular complexity index is 679. The summed E-state index contributed by atoms with van der Waals surface area (Å²) >= 11 is 0. The molecule has 1 saturated carbocycles. The average Bonchev–Trinajstić information content (AvgIpc) is 2.71. The summed E-state index contributed by atoms with van der Waals surface area (Å²) in [5.74, 6) is 1.69. The molecule has 1 N–H and O–H groups in total. The van der Waals surface area contributed by atoms with Gasteiger partial charge in [0.05, 0.1) is 0 Å². The van der Waals surface area contributed by atoms with Gasteiger partial charge >= 0.3 is 0 Å². The minimum absolute atomic E-state index is 0.478. The summed E-state index contributed by atoms with van der Waals surface area (Å²) in [6, 6.07) is 17.1. The highest BCUT2D eigenvalue weighted by atomic mass is 17.1. The Labute approximate surface area is 157 Å². The predicted molar refractivity (Wildman–Crippen MR) is 108 cm³/mol. The van der Waals surface area contributed by atoms with Crippen LogP contribution in [0.15, 0.2) is 61.2 Å². The third-order valence-corrected chi connectivity index (χ3v) is 5.83. The lowest BCUT2D eigenvalue weighted by molar-refractivity contribution is -0.268. The van der Waals surface area contributed by atoms with E-state index in [0.29, 0.717) is 0 Å². The van der Waals surface area contributed by atoms with Gasteiger partial charge in [0, 0.05) is 0 Å². The van der Waals surface area contributed by atoms with Crippen molar-refractivity contribution >= 4 is 0 Å². The van der Waals surface area contributed by atoms with Gasteiger partial charge in [0.25, 0.3) is 0 Å². The van der Waals surface area contributed by atoms with Crippen LogP contribution in [0.3, 0.4) is 0 Å². The largest absolute Gasteiger partial charge is 0.251 e. The van der Waals surface area contributed by atoms with Crippen LogP contribution in [0.5, 0.6) is 0 Å². The van der Waals surface area contributed by atoms with Crippen molar-refractivity contribution < 1.29 is 10.1 Å². The Balaban J connectivity index is 1.65. The van der Waals surface area contributed by atoms with Crippen molar-refractivity contribution in [1.82, 2.24) is 0 Å². The fourth-order valence-corrected chi connectivity index (χ4v) is 4.25. The van der Waals surface area contributed by atoms with Crippen molar-refractivity contribution in [3.05, 3.63) is 72.3 Å². The molecule has 2 aromatic carbocycles. The van der Waals surface area contributed by atoms with Crippen molar-refractivity contribution in [2.75, 3.05) is 0 Å². The first-order valence-electron chi connectivity index (χ1n) is 9.88. The molecule has 3 rings (SSSR count). The minimum atomic E-state index is -0.478. The Morgan fingerprint density at radius 1 is 1.00 bits per heavy atom. The highest BCUT2D eigenvalue weighted by Gasteiger charge is 2.21. The monoisotopic (exact) mass is 350 g/mol. The van der Waals surface area contributed by atoms with Crippen LogP contribution < -0.4 is 0 Å². The first kappa shape index (κ1) is 18.9. The lowest BCUT2D eigenvalue weighted by Crippen LogP contribution is -2.13. The number of hydrogen-bond acceptors (Lipinski definition) is 2. The maximum atomic E-state index is 8.90. The minimum Gasteiger partial charge on any atom is -0.251 e. The molecule has 2 aromatic rings. The number of hydrogen-bond donors (Lipinski definition) is 1. The maximum Gasteiger partial charge on any atom is 0.136 e. The van der Waals surface area contributed by atoms with Gasteiger partial charge in [-0.2, -0.15) is 0 Å². The molecule has 1 unspecified atom stereocenters. The molecule has 0 saturated heterocycles. The topological polar surface area (TPSA) is 29.5 Å². The third kappa shape index (κ3) is 4.44. The Morgan fingerprint density at radius 3 is 2.08 bits per heavy atom. The molecule has 0 amide bonds. The van der Waals surface area contributed by atoms with Crippen LogP contribution in [-0.4, -0.2) is 5.26 Å². The Morgan fingerprint density at radius 2 is 1.58 bits per heavy atom. The van der Waals surface area contributed by atoms with Crippen LogP contribution in [0.25, 0.3) is 11.1 Å². The van der Waals surface area contributed by atoms with E-state index in [0.717, 1.165) is 17.4 Å². The van der Waals surface area contributed by atoms with Crippen LogP contribution in [0.2, 0.25) is 0 Å². The lowest BCUT2D eigenvalue weighted by atomic mass is 9.77. The van der Waals surface area contributed by atoms with Crippen LogP contribution in [0.4, 0.5) is 0 Å². The molecule has 0 radical (unpaired) electrons. The molecule has 1 fully saturated rings. The smallest absolute Gasteiger partial charge is 0.136 e. The zero-order chi connectivity index (χ0) is 18.4. The molecule has 1 aliphatic carbocycles. The summed E-state index contributed by atoms with van der Waals surface area (Å²) in [5, 5.41) is 8.90. The molecule has 26 heavy (non-hydrogen) atoms. The van der Waals surface area contributed by atoms with E-state index in [1.807, 2.05) is 12.1 Å². The van der Waals surface area contributed by atoms with Gasteiger partial charge in [0.1, 0.15) is 6.10 Å². The molecular formula is C24H30O2. The van der Waals surface area contributed by atoms with E-state index in [4.69, 9.17) is 5.26 Å². The van der Waals surface area contributed by atoms with Crippen molar-refractivity contribution in [1.29, 1.82) is 0 Å². The molecule has 2 heteroatoms. The second-order valence-corrected chi connectivity index (χ2v) is 7.51. The SMILES string of the molecule is C=CC(OO)c1ccc(-c2ccc(C3CCC(CCC)CC3)cc2)cc1. The average molecular weight is 351 g/mol. The van der Waals surface area contributed by atoms with E-state index in [9.17, 15) is 0 Å². The Kier molecular flexibility index (Phi) is 6.65. The van der Waals surface area contributed by atoms with Gasteiger partial charge < -0.3 is 0 Å². The zero-order valence-electron chi connectivity index (χ0n) is 15.7. The summed E-state index contributed by atoms with van der Waals surface area (Å²) in [6.45, 7) is 5.97. The summed E-state index contributed by atoms with van der Waals surface area (Å²) < 4.78 is 0. The van der Waals surface area contributed by atoms with Gasteiger partial charge in [0.15, 0.2) is 0 Å². The maximum absolute atomic E-state index is 8.90. The van der Waals surface area contributed by atoms with E-state index in [2.05, 4.69) is 54.8 Å². The van der Waals surface area contributed by atoms with E-state index < -0.39 is 6.10 Å². The molecule has 0 aliphatic heterocycles. The van der Waals surface area contributed by atoms with Crippen molar-refractivity contribution in [3.63, 3.8) is 0 Å². The quantitative estimate of drug-likeness (QED) is 0.326. The molecule has 0 spiro atoms. The van der Waals surface area contributed by atoms with E-state index >= 15 is 0 Å². The fraction of sp³-hybridized carbons (Fsp3) is 0.417. The molecular weight excluding hydrogens is 320 g/mol. The molecule has 138 valence electrons. The molecule has 1 aliphatic rings. The zero-order valence-corrected chi connectivity index (χ0v) is 15.7. The number of rotatable bonds is 7. The van der Waals surface area contributed by atoms with E-state index in [1.165, 1.54) is 55.2 Å². The van der Waals surface area contributed by atoms with Gasteiger partial charge in [-0.25, -0.2) is 4.89 Å². The van der Waals surface area contributed by atoms with Gasteiger partial charge in [-0.1, -0.05) is 74.4 Å². The first-order valence-corrected chi connectivity index (χ1v) is 9.88. The summed E-state index contributed by atoms with van der Waals surface area (Å²) in [6.07, 6.45) is 9.27. The molecule has 0 bridgehead atoms. The fourth-order valence-electron chi connectivity index (χ4n) is 4.25. The summed E-state index contributed by atoms with van der Waals surface area (Å²) in [4.78, 5) is 4.42. The first-order chi connectivity index (χ1) is 12.7. The van der Waals surface area contributed by atoms with Crippen molar-refractivity contribution in [2.45, 2.75) is 57.5 Å². The van der Waals surface area contributed by atoms with Crippen LogP contribution in [-0.2, 0) is 4.89 Å². The molecule has 2 nitrogen and oxygen atoms in total. The molecule has 0 heterocycles. The van der Waals surface area contributed by atoms with E-state index in [-0.39, 0.29) is 0 Å². The molecule has 0 aromatic heterocycles. The number of benzene rings is 2. The second kappa shape index (κ2) is 9.16. The van der Waals surface area contributed by atoms with Gasteiger partial charge in [0.2, 0.25) is 0 Å². The van der Waals surface area contributed by atoms with Crippen LogP contribution >= 0.6 is 0 Å². The summed E-state index contributed by atoms with van der Waals surface area (Å²) in [7, 11) is 0. The van der Waals surface area contributed by atoms with Gasteiger partial charge in [-0.15, -0.1) is 6.58 Å². The highest BCUT2D eigenvalue weighted by molar-refractivity contribution is 5.64. The standard InChI is InChI=1S/C24H30O2/c1-3-5-18-6-8-19(9-7-18)20-10-12-21(13-11-20)22-14-16-23(17-15-22)24(4-2)26-25/h4,10-19,24-25H,2-3,5-9H2,1H3. The van der Waals surface area contributed by atoms with E-state index in [1.54, 1.807) is 6.08 Å². The molecule has 1 atom stereocenters. The highest BCUT2D eigenvalue weighted by Crippen LogP contribution is 2.38. The van der Waals surface area contributed by atoms with Crippen LogP contribution in [0.1, 0.15) is 68.6 Å². The normalized spacial score (nSPS) is 21.3. The summed E-state index contributed by atoms with van der Waals surface area (Å²) in [5.41, 5.74) is 4.78. The Hall–Kier alpha value is -1.90. The van der Waals surface area contributed by atoms with Crippen LogP contribution in [0, 0.1) is 5.92 Å². The lowest BCUT2D eigenvalue weighted by Gasteiger charge is -2.28. The van der Waals surface area contributed by atoms with Crippen molar-refractivity contribution in [2.24, 2.45) is 5.92 Å².